The van der Waals surface area contributed by atoms with Gasteiger partial charge in [0.15, 0.2) is 0 Å². The van der Waals surface area contributed by atoms with E-state index in [1.54, 1.807) is 6.20 Å². The number of anilines is 3. The van der Waals surface area contributed by atoms with Crippen LogP contribution in [0, 0.1) is 0 Å². The lowest BCUT2D eigenvalue weighted by Gasteiger charge is -2.07. The molecule has 3 nitrogen and oxygen atoms in total. The molecule has 3 N–H and O–H groups in total. The molecule has 0 radical (unpaired) electrons. The predicted molar refractivity (Wildman–Crippen MR) is 75.9 cm³/mol. The molecule has 18 heavy (non-hydrogen) atoms. The van der Waals surface area contributed by atoms with Crippen molar-refractivity contribution >= 4 is 28.0 Å². The van der Waals surface area contributed by atoms with Crippen molar-refractivity contribution in [2.45, 2.75) is 0 Å². The van der Waals surface area contributed by atoms with Gasteiger partial charge in [-0.2, -0.15) is 0 Å². The first kappa shape index (κ1) is 10.6. The van der Waals surface area contributed by atoms with Gasteiger partial charge in [-0.05, 0) is 35.0 Å². The topological polar surface area (TPSA) is 50.9 Å². The summed E-state index contributed by atoms with van der Waals surface area (Å²) in [4.78, 5) is 4.22. The highest BCUT2D eigenvalue weighted by molar-refractivity contribution is 5.86. The summed E-state index contributed by atoms with van der Waals surface area (Å²) < 4.78 is 0. The molecule has 0 saturated heterocycles. The SMILES string of the molecule is Nc1ccc(Nc2ccc3ccccc3c2)nc1. The van der Waals surface area contributed by atoms with E-state index in [2.05, 4.69) is 34.6 Å². The van der Waals surface area contributed by atoms with Crippen molar-refractivity contribution in [1.29, 1.82) is 0 Å². The molecule has 0 aliphatic carbocycles. The Hall–Kier alpha value is -2.55. The normalized spacial score (nSPS) is 10.4. The zero-order valence-electron chi connectivity index (χ0n) is 9.80. The van der Waals surface area contributed by atoms with Crippen LogP contribution >= 0.6 is 0 Å². The summed E-state index contributed by atoms with van der Waals surface area (Å²) in [6.07, 6.45) is 1.64. The van der Waals surface area contributed by atoms with Gasteiger partial charge < -0.3 is 11.1 Å². The van der Waals surface area contributed by atoms with Crippen molar-refractivity contribution in [3.63, 3.8) is 0 Å². The van der Waals surface area contributed by atoms with E-state index in [-0.39, 0.29) is 0 Å². The second kappa shape index (κ2) is 4.37. The number of nitrogens with two attached hydrogens (primary N) is 1. The number of hydrogen-bond acceptors (Lipinski definition) is 3. The smallest absolute Gasteiger partial charge is 0.130 e. The van der Waals surface area contributed by atoms with Gasteiger partial charge in [0.05, 0.1) is 11.9 Å². The number of nitrogen functional groups attached to an aromatic ring is 1. The number of fused-ring (bicyclic) bond motifs is 1. The molecule has 3 heteroatoms. The lowest BCUT2D eigenvalue weighted by atomic mass is 10.1. The minimum absolute atomic E-state index is 0.666. The fraction of sp³-hybridized carbons (Fsp3) is 0. The Kier molecular flexibility index (Phi) is 2.57. The predicted octanol–water partition coefficient (Wildman–Crippen LogP) is 3.56. The molecule has 0 aliphatic rings. The first-order chi connectivity index (χ1) is 8.81. The molecule has 88 valence electrons. The van der Waals surface area contributed by atoms with Gasteiger partial charge in [0.25, 0.3) is 0 Å². The van der Waals surface area contributed by atoms with Gasteiger partial charge in [-0.25, -0.2) is 4.98 Å². The summed E-state index contributed by atoms with van der Waals surface area (Å²) in [6, 6.07) is 18.2. The van der Waals surface area contributed by atoms with Gasteiger partial charge in [0.2, 0.25) is 0 Å². The van der Waals surface area contributed by atoms with Crippen molar-refractivity contribution in [1.82, 2.24) is 4.98 Å². The number of nitrogens with zero attached hydrogens (tertiary/aromatic N) is 1. The highest BCUT2D eigenvalue weighted by Crippen LogP contribution is 2.21. The molecule has 0 fully saturated rings. The molecule has 2 aromatic carbocycles. The van der Waals surface area contributed by atoms with E-state index < -0.39 is 0 Å². The van der Waals surface area contributed by atoms with Gasteiger partial charge in [0.1, 0.15) is 5.82 Å². The van der Waals surface area contributed by atoms with Crippen LogP contribution in [0.4, 0.5) is 17.2 Å². The Morgan fingerprint density at radius 3 is 2.50 bits per heavy atom. The molecular weight excluding hydrogens is 222 g/mol. The van der Waals surface area contributed by atoms with Gasteiger partial charge in [0, 0.05) is 5.69 Å². The summed E-state index contributed by atoms with van der Waals surface area (Å²) in [5.41, 5.74) is 7.29. The molecule has 0 saturated carbocycles. The Morgan fingerprint density at radius 1 is 0.889 bits per heavy atom. The van der Waals surface area contributed by atoms with Gasteiger partial charge >= 0.3 is 0 Å². The van der Waals surface area contributed by atoms with Crippen molar-refractivity contribution in [2.75, 3.05) is 11.1 Å². The molecule has 0 atom stereocenters. The van der Waals surface area contributed by atoms with E-state index in [4.69, 9.17) is 5.73 Å². The van der Waals surface area contributed by atoms with Gasteiger partial charge in [-0.15, -0.1) is 0 Å². The zero-order valence-corrected chi connectivity index (χ0v) is 9.80. The van der Waals surface area contributed by atoms with E-state index >= 15 is 0 Å². The first-order valence-corrected chi connectivity index (χ1v) is 5.79. The summed E-state index contributed by atoms with van der Waals surface area (Å²) >= 11 is 0. The number of nitrogens with one attached hydrogen (secondary N) is 1. The number of pyridine rings is 1. The minimum Gasteiger partial charge on any atom is -0.397 e. The molecule has 1 heterocycles. The standard InChI is InChI=1S/C15H13N3/c16-13-6-8-15(17-10-13)18-14-7-5-11-3-1-2-4-12(11)9-14/h1-10H,16H2,(H,17,18). The van der Waals surface area contributed by atoms with Crippen molar-refractivity contribution in [3.8, 4) is 0 Å². The Labute approximate surface area is 105 Å². The summed E-state index contributed by atoms with van der Waals surface area (Å²) in [5, 5.41) is 5.69. The molecule has 0 aliphatic heterocycles. The molecular formula is C15H13N3. The van der Waals surface area contributed by atoms with Crippen LogP contribution in [-0.4, -0.2) is 4.98 Å². The van der Waals surface area contributed by atoms with Crippen LogP contribution in [0.2, 0.25) is 0 Å². The average molecular weight is 235 g/mol. The van der Waals surface area contributed by atoms with E-state index in [1.807, 2.05) is 30.3 Å². The Balaban J connectivity index is 1.92. The van der Waals surface area contributed by atoms with Crippen molar-refractivity contribution in [3.05, 3.63) is 60.8 Å². The molecule has 3 rings (SSSR count). The quantitative estimate of drug-likeness (QED) is 0.714. The van der Waals surface area contributed by atoms with E-state index in [1.165, 1.54) is 10.8 Å². The summed E-state index contributed by atoms with van der Waals surface area (Å²) in [5.74, 6) is 0.791. The fourth-order valence-electron chi connectivity index (χ4n) is 1.89. The third kappa shape index (κ3) is 2.11. The lowest BCUT2D eigenvalue weighted by Crippen LogP contribution is -1.94. The second-order valence-electron chi connectivity index (χ2n) is 4.16. The zero-order chi connectivity index (χ0) is 12.4. The maximum absolute atomic E-state index is 5.60. The molecule has 0 spiro atoms. The monoisotopic (exact) mass is 235 g/mol. The van der Waals surface area contributed by atoms with Crippen molar-refractivity contribution in [2.24, 2.45) is 0 Å². The van der Waals surface area contributed by atoms with Crippen LogP contribution in [0.1, 0.15) is 0 Å². The Bertz CT molecular complexity index is 675. The fourth-order valence-corrected chi connectivity index (χ4v) is 1.89. The molecule has 0 bridgehead atoms. The third-order valence-corrected chi connectivity index (χ3v) is 2.81. The maximum atomic E-state index is 5.60. The molecule has 3 aromatic rings. The number of aromatic nitrogens is 1. The third-order valence-electron chi connectivity index (χ3n) is 2.81. The van der Waals surface area contributed by atoms with Crippen LogP contribution < -0.4 is 11.1 Å². The van der Waals surface area contributed by atoms with Crippen LogP contribution in [0.15, 0.2) is 60.8 Å². The summed E-state index contributed by atoms with van der Waals surface area (Å²) in [6.45, 7) is 0. The van der Waals surface area contributed by atoms with Crippen LogP contribution in [0.5, 0.6) is 0 Å². The highest BCUT2D eigenvalue weighted by atomic mass is 15.0. The maximum Gasteiger partial charge on any atom is 0.130 e. The second-order valence-corrected chi connectivity index (χ2v) is 4.16. The highest BCUT2D eigenvalue weighted by Gasteiger charge is 1.97. The Morgan fingerprint density at radius 2 is 1.72 bits per heavy atom. The molecule has 0 amide bonds. The molecule has 0 unspecified atom stereocenters. The lowest BCUT2D eigenvalue weighted by molar-refractivity contribution is 1.31. The molecule has 1 aromatic heterocycles. The van der Waals surface area contributed by atoms with Gasteiger partial charge in [-0.3, -0.25) is 0 Å². The average Bonchev–Trinajstić information content (AvgIpc) is 2.41. The number of benzene rings is 2. The summed E-state index contributed by atoms with van der Waals surface area (Å²) in [7, 11) is 0. The van der Waals surface area contributed by atoms with Gasteiger partial charge in [-0.1, -0.05) is 30.3 Å². The van der Waals surface area contributed by atoms with Crippen LogP contribution in [-0.2, 0) is 0 Å². The van der Waals surface area contributed by atoms with Crippen molar-refractivity contribution < 1.29 is 0 Å². The van der Waals surface area contributed by atoms with Crippen LogP contribution in [0.3, 0.4) is 0 Å². The number of hydrogen-bond donors (Lipinski definition) is 2. The van der Waals surface area contributed by atoms with Crippen LogP contribution in [0.25, 0.3) is 10.8 Å². The largest absolute Gasteiger partial charge is 0.397 e. The van der Waals surface area contributed by atoms with E-state index in [9.17, 15) is 0 Å². The number of rotatable bonds is 2. The first-order valence-electron chi connectivity index (χ1n) is 5.79. The minimum atomic E-state index is 0.666. The van der Waals surface area contributed by atoms with E-state index in [0.717, 1.165) is 11.5 Å². The van der Waals surface area contributed by atoms with E-state index in [0.29, 0.717) is 5.69 Å².